The smallest absolute Gasteiger partial charge is 0.124 e. The topological polar surface area (TPSA) is 78.3 Å². The van der Waals surface area contributed by atoms with Crippen molar-refractivity contribution in [3.05, 3.63) is 99.8 Å². The van der Waals surface area contributed by atoms with E-state index in [1.165, 1.54) is 5.56 Å². The molecule has 3 N–H and O–H groups in total. The van der Waals surface area contributed by atoms with E-state index < -0.39 is 16.6 Å². The van der Waals surface area contributed by atoms with E-state index in [-0.39, 0.29) is 17.4 Å². The molecule has 7 heteroatoms. The summed E-state index contributed by atoms with van der Waals surface area (Å²) in [5.41, 5.74) is 0.727. The molecular weight excluding hydrogens is 481 g/mol. The molecule has 2 aromatic carbocycles. The van der Waals surface area contributed by atoms with Gasteiger partial charge < -0.3 is 15.5 Å². The van der Waals surface area contributed by atoms with Gasteiger partial charge in [0.2, 0.25) is 0 Å². The van der Waals surface area contributed by atoms with Crippen LogP contribution in [0.5, 0.6) is 0 Å². The van der Waals surface area contributed by atoms with E-state index in [1.54, 1.807) is 25.3 Å². The Morgan fingerprint density at radius 2 is 1.66 bits per heavy atom. The summed E-state index contributed by atoms with van der Waals surface area (Å²) in [6.07, 6.45) is 3.22. The molecule has 186 valence electrons. The van der Waals surface area contributed by atoms with Crippen molar-refractivity contribution < 1.29 is 10.2 Å². The molecule has 0 bridgehead atoms. The number of hydrogen-bond acceptors (Lipinski definition) is 5. The van der Waals surface area contributed by atoms with Crippen molar-refractivity contribution in [3.63, 3.8) is 0 Å². The number of aliphatic hydroxyl groups is 2. The van der Waals surface area contributed by atoms with Crippen LogP contribution in [0.3, 0.4) is 0 Å². The number of aromatic nitrogens is 2. The van der Waals surface area contributed by atoms with Crippen LogP contribution >= 0.6 is 24.0 Å². The highest BCUT2D eigenvalue weighted by Crippen LogP contribution is 2.47. The Hall–Kier alpha value is -2.28. The summed E-state index contributed by atoms with van der Waals surface area (Å²) in [6.45, 7) is 9.36. The highest BCUT2D eigenvalue weighted by atomic mass is 35.5. The highest BCUT2D eigenvalue weighted by molar-refractivity contribution is 6.32. The summed E-state index contributed by atoms with van der Waals surface area (Å²) in [6, 6.07) is 19.2. The molecule has 0 radical (unpaired) electrons. The van der Waals surface area contributed by atoms with Crippen LogP contribution in [0, 0.1) is 5.41 Å². The molecule has 4 rings (SSSR count). The summed E-state index contributed by atoms with van der Waals surface area (Å²) in [5.74, 6) is 0.405. The first-order valence-corrected chi connectivity index (χ1v) is 12.0. The standard InChI is InChI=1S/C28H32ClN3O2.ClH/c1-19(2)20-10-12-22(13-11-20)28(34,26(3)17-30-18-26)23-14-24(32-31-16-23)15-25(29)27(4,33)21-8-6-5-7-9-21;/h5-16,19,30,33-34H,17-18H2,1-4H3;1H/t27?,28-;/m0./s1. The van der Waals surface area contributed by atoms with Crippen LogP contribution in [-0.2, 0) is 11.2 Å². The lowest BCUT2D eigenvalue weighted by Crippen LogP contribution is -2.63. The van der Waals surface area contributed by atoms with Crippen LogP contribution in [0.25, 0.3) is 6.08 Å². The van der Waals surface area contributed by atoms with Gasteiger partial charge in [-0.25, -0.2) is 0 Å². The minimum Gasteiger partial charge on any atom is -0.380 e. The van der Waals surface area contributed by atoms with Crippen molar-refractivity contribution in [1.82, 2.24) is 15.5 Å². The third-order valence-corrected chi connectivity index (χ3v) is 7.54. The predicted molar refractivity (Wildman–Crippen MR) is 144 cm³/mol. The van der Waals surface area contributed by atoms with E-state index in [4.69, 9.17) is 11.6 Å². The van der Waals surface area contributed by atoms with Crippen LogP contribution in [0.15, 0.2) is 71.9 Å². The summed E-state index contributed by atoms with van der Waals surface area (Å²) in [7, 11) is 0. The van der Waals surface area contributed by atoms with Gasteiger partial charge in [0.15, 0.2) is 0 Å². The molecule has 1 aromatic heterocycles. The maximum Gasteiger partial charge on any atom is 0.124 e. The van der Waals surface area contributed by atoms with Crippen molar-refractivity contribution in [2.75, 3.05) is 13.1 Å². The molecule has 3 aromatic rings. The molecule has 0 amide bonds. The van der Waals surface area contributed by atoms with Crippen LogP contribution in [0.2, 0.25) is 0 Å². The number of rotatable bonds is 7. The second-order valence-corrected chi connectivity index (χ2v) is 10.4. The third-order valence-electron chi connectivity index (χ3n) is 7.07. The first-order chi connectivity index (χ1) is 16.1. The van der Waals surface area contributed by atoms with Gasteiger partial charge in [-0.05, 0) is 41.7 Å². The van der Waals surface area contributed by atoms with E-state index in [2.05, 4.69) is 48.4 Å². The zero-order valence-corrected chi connectivity index (χ0v) is 22.1. The molecule has 2 heterocycles. The number of benzene rings is 2. The maximum absolute atomic E-state index is 12.2. The average molecular weight is 514 g/mol. The molecule has 1 aliphatic heterocycles. The van der Waals surface area contributed by atoms with Crippen LogP contribution < -0.4 is 5.32 Å². The lowest BCUT2D eigenvalue weighted by atomic mass is 9.63. The SMILES string of the molecule is CC(C)c1ccc([C@](O)(c2cnnc(C=C(Cl)C(C)(O)c3ccccc3)c2)C2(C)CNC2)cc1.Cl. The van der Waals surface area contributed by atoms with Crippen molar-refractivity contribution >= 4 is 30.1 Å². The fourth-order valence-corrected chi connectivity index (χ4v) is 4.77. The minimum absolute atomic E-state index is 0. The lowest BCUT2D eigenvalue weighted by molar-refractivity contribution is -0.0770. The van der Waals surface area contributed by atoms with Crippen molar-refractivity contribution in [2.45, 2.75) is 44.8 Å². The molecule has 5 nitrogen and oxygen atoms in total. The second-order valence-electron chi connectivity index (χ2n) is 9.95. The van der Waals surface area contributed by atoms with Gasteiger partial charge in [-0.3, -0.25) is 0 Å². The molecular formula is C28H33Cl2N3O2. The van der Waals surface area contributed by atoms with Gasteiger partial charge in [0.05, 0.1) is 16.9 Å². The first-order valence-electron chi connectivity index (χ1n) is 11.6. The highest BCUT2D eigenvalue weighted by Gasteiger charge is 2.53. The Kier molecular flexibility index (Phi) is 8.09. The number of nitrogens with zero attached hydrogens (tertiary/aromatic N) is 2. The Balaban J connectivity index is 0.00000342. The largest absolute Gasteiger partial charge is 0.380 e. The first kappa shape index (κ1) is 27.3. The van der Waals surface area contributed by atoms with Gasteiger partial charge >= 0.3 is 0 Å². The van der Waals surface area contributed by atoms with Crippen LogP contribution in [0.1, 0.15) is 61.6 Å². The molecule has 1 fully saturated rings. The van der Waals surface area contributed by atoms with E-state index in [9.17, 15) is 10.2 Å². The normalized spacial score (nSPS) is 18.7. The Bertz CT molecular complexity index is 1180. The zero-order chi connectivity index (χ0) is 24.6. The van der Waals surface area contributed by atoms with E-state index in [0.29, 0.717) is 35.8 Å². The molecule has 35 heavy (non-hydrogen) atoms. The van der Waals surface area contributed by atoms with Gasteiger partial charge in [0, 0.05) is 24.1 Å². The van der Waals surface area contributed by atoms with Gasteiger partial charge in [0.25, 0.3) is 0 Å². The molecule has 0 saturated carbocycles. The van der Waals surface area contributed by atoms with Gasteiger partial charge in [-0.15, -0.1) is 12.4 Å². The molecule has 1 saturated heterocycles. The molecule has 2 atom stereocenters. The zero-order valence-electron chi connectivity index (χ0n) is 20.5. The van der Waals surface area contributed by atoms with Crippen molar-refractivity contribution in [3.8, 4) is 0 Å². The fourth-order valence-electron chi connectivity index (χ4n) is 4.55. The quantitative estimate of drug-likeness (QED) is 0.396. The van der Waals surface area contributed by atoms with Gasteiger partial charge in [-0.2, -0.15) is 10.2 Å². The fraction of sp³-hybridized carbons (Fsp3) is 0.357. The van der Waals surface area contributed by atoms with Gasteiger partial charge in [0.1, 0.15) is 11.2 Å². The minimum atomic E-state index is -1.38. The third kappa shape index (κ3) is 5.02. The molecule has 0 spiro atoms. The summed E-state index contributed by atoms with van der Waals surface area (Å²) in [5, 5.41) is 35.2. The van der Waals surface area contributed by atoms with Crippen molar-refractivity contribution in [1.29, 1.82) is 0 Å². The van der Waals surface area contributed by atoms with E-state index in [1.807, 2.05) is 42.5 Å². The molecule has 1 unspecified atom stereocenters. The van der Waals surface area contributed by atoms with E-state index >= 15 is 0 Å². The van der Waals surface area contributed by atoms with Crippen molar-refractivity contribution in [2.24, 2.45) is 5.41 Å². The molecule has 0 aliphatic carbocycles. The maximum atomic E-state index is 12.2. The summed E-state index contributed by atoms with van der Waals surface area (Å²) < 4.78 is 0. The van der Waals surface area contributed by atoms with Crippen LogP contribution in [-0.4, -0.2) is 33.5 Å². The summed E-state index contributed by atoms with van der Waals surface area (Å²) in [4.78, 5) is 0. The lowest BCUT2D eigenvalue weighted by Gasteiger charge is -2.52. The monoisotopic (exact) mass is 513 g/mol. The number of nitrogens with one attached hydrogen (secondary N) is 1. The molecule has 1 aliphatic rings. The number of halogens is 2. The Labute approximate surface area is 218 Å². The average Bonchev–Trinajstić information content (AvgIpc) is 2.82. The number of hydrogen-bond donors (Lipinski definition) is 3. The Morgan fingerprint density at radius 3 is 2.20 bits per heavy atom. The second kappa shape index (κ2) is 10.4. The predicted octanol–water partition coefficient (Wildman–Crippen LogP) is 5.35. The summed E-state index contributed by atoms with van der Waals surface area (Å²) >= 11 is 6.57. The van der Waals surface area contributed by atoms with Gasteiger partial charge in [-0.1, -0.05) is 87.0 Å². The van der Waals surface area contributed by atoms with Crippen LogP contribution in [0.4, 0.5) is 0 Å². The Morgan fingerprint density at radius 1 is 1.03 bits per heavy atom. The van der Waals surface area contributed by atoms with E-state index in [0.717, 1.165) is 5.56 Å².